The lowest BCUT2D eigenvalue weighted by atomic mass is 10.1. The maximum atomic E-state index is 12.4. The maximum Gasteiger partial charge on any atom is 0.253 e. The number of aromatic nitrogens is 1. The number of hydrogen-bond acceptors (Lipinski definition) is 1. The Morgan fingerprint density at radius 1 is 1.13 bits per heavy atom. The van der Waals surface area contributed by atoms with Gasteiger partial charge in [0.25, 0.3) is 5.91 Å². The van der Waals surface area contributed by atoms with Crippen molar-refractivity contribution in [1.82, 2.24) is 10.3 Å². The summed E-state index contributed by atoms with van der Waals surface area (Å²) in [4.78, 5) is 15.9. The quantitative estimate of drug-likeness (QED) is 0.712. The second-order valence-electron chi connectivity index (χ2n) is 5.83. The lowest BCUT2D eigenvalue weighted by Gasteiger charge is -2.13. The van der Waals surface area contributed by atoms with E-state index in [1.807, 2.05) is 12.1 Å². The van der Waals surface area contributed by atoms with Crippen molar-refractivity contribution in [2.24, 2.45) is 0 Å². The van der Waals surface area contributed by atoms with Crippen LogP contribution in [0.5, 0.6) is 0 Å². The summed E-state index contributed by atoms with van der Waals surface area (Å²) in [5.41, 5.74) is 4.12. The Hall–Kier alpha value is -1.97. The van der Waals surface area contributed by atoms with Gasteiger partial charge in [0.1, 0.15) is 0 Å². The van der Waals surface area contributed by atoms with Gasteiger partial charge in [-0.05, 0) is 36.2 Å². The highest BCUT2D eigenvalue weighted by atomic mass is 35.5. The number of carbonyl (C=O) groups is 1. The van der Waals surface area contributed by atoms with E-state index in [1.165, 1.54) is 16.6 Å². The lowest BCUT2D eigenvalue weighted by molar-refractivity contribution is 0.0938. The first kappa shape index (κ1) is 14.6. The van der Waals surface area contributed by atoms with Gasteiger partial charge < -0.3 is 10.3 Å². The first-order valence-electron chi connectivity index (χ1n) is 7.46. The first-order chi connectivity index (χ1) is 11.1. The number of para-hydroxylation sites is 1. The largest absolute Gasteiger partial charge is 0.358 e. The van der Waals surface area contributed by atoms with E-state index in [0.29, 0.717) is 15.6 Å². The average Bonchev–Trinajstić information content (AvgIpc) is 3.04. The van der Waals surface area contributed by atoms with Crippen LogP contribution in [0.25, 0.3) is 10.9 Å². The van der Waals surface area contributed by atoms with E-state index in [-0.39, 0.29) is 11.9 Å². The predicted molar refractivity (Wildman–Crippen MR) is 93.4 cm³/mol. The van der Waals surface area contributed by atoms with Crippen LogP contribution in [0.1, 0.15) is 21.6 Å². The standard InChI is InChI=1S/C18H14Cl2N2O/c19-10-5-6-13(15(20)7-10)18(23)21-11-8-14-12-3-1-2-4-16(12)22-17(14)9-11/h1-7,11,22H,8-9H2,(H,21,23). The zero-order chi connectivity index (χ0) is 16.0. The molecule has 2 N–H and O–H groups in total. The van der Waals surface area contributed by atoms with E-state index < -0.39 is 0 Å². The molecule has 0 bridgehead atoms. The van der Waals surface area contributed by atoms with E-state index in [0.717, 1.165) is 18.4 Å². The highest BCUT2D eigenvalue weighted by Crippen LogP contribution is 2.30. The minimum Gasteiger partial charge on any atom is -0.358 e. The Bertz CT molecular complexity index is 917. The summed E-state index contributed by atoms with van der Waals surface area (Å²) in [5, 5.41) is 5.20. The molecule has 4 rings (SSSR count). The minimum absolute atomic E-state index is 0.0834. The summed E-state index contributed by atoms with van der Waals surface area (Å²) >= 11 is 12.0. The van der Waals surface area contributed by atoms with Crippen LogP contribution in [0.4, 0.5) is 0 Å². The van der Waals surface area contributed by atoms with Crippen molar-refractivity contribution in [2.45, 2.75) is 18.9 Å². The molecule has 0 saturated carbocycles. The highest BCUT2D eigenvalue weighted by Gasteiger charge is 2.27. The van der Waals surface area contributed by atoms with Gasteiger partial charge in [-0.25, -0.2) is 0 Å². The normalized spacial score (nSPS) is 16.5. The van der Waals surface area contributed by atoms with E-state index in [4.69, 9.17) is 23.2 Å². The highest BCUT2D eigenvalue weighted by molar-refractivity contribution is 6.36. The molecule has 2 aromatic carbocycles. The number of carbonyl (C=O) groups excluding carboxylic acids is 1. The van der Waals surface area contributed by atoms with Crippen molar-refractivity contribution < 1.29 is 4.79 Å². The van der Waals surface area contributed by atoms with E-state index >= 15 is 0 Å². The Labute approximate surface area is 143 Å². The fourth-order valence-electron chi connectivity index (χ4n) is 3.27. The third kappa shape index (κ3) is 2.60. The molecule has 3 nitrogen and oxygen atoms in total. The van der Waals surface area contributed by atoms with Crippen LogP contribution >= 0.6 is 23.2 Å². The van der Waals surface area contributed by atoms with Gasteiger partial charge in [0, 0.05) is 34.1 Å². The summed E-state index contributed by atoms with van der Waals surface area (Å²) in [6.07, 6.45) is 1.64. The van der Waals surface area contributed by atoms with Gasteiger partial charge in [-0.15, -0.1) is 0 Å². The lowest BCUT2D eigenvalue weighted by Crippen LogP contribution is -2.35. The van der Waals surface area contributed by atoms with Crippen molar-refractivity contribution in [1.29, 1.82) is 0 Å². The van der Waals surface area contributed by atoms with Gasteiger partial charge in [-0.3, -0.25) is 4.79 Å². The zero-order valence-electron chi connectivity index (χ0n) is 12.2. The molecule has 1 amide bonds. The molecular formula is C18H14Cl2N2O. The number of aromatic amines is 1. The van der Waals surface area contributed by atoms with Crippen LogP contribution in [0, 0.1) is 0 Å². The van der Waals surface area contributed by atoms with Gasteiger partial charge >= 0.3 is 0 Å². The molecule has 3 aromatic rings. The number of amides is 1. The van der Waals surface area contributed by atoms with Crippen molar-refractivity contribution in [3.05, 3.63) is 69.3 Å². The number of benzene rings is 2. The fourth-order valence-corrected chi connectivity index (χ4v) is 3.76. The Morgan fingerprint density at radius 2 is 1.96 bits per heavy atom. The third-order valence-corrected chi connectivity index (χ3v) is 4.86. The predicted octanol–water partition coefficient (Wildman–Crippen LogP) is 4.37. The molecule has 1 heterocycles. The van der Waals surface area contributed by atoms with Crippen LogP contribution in [0.15, 0.2) is 42.5 Å². The summed E-state index contributed by atoms with van der Waals surface area (Å²) in [5.74, 6) is -0.161. The molecule has 0 aliphatic heterocycles. The molecule has 1 aliphatic rings. The summed E-state index contributed by atoms with van der Waals surface area (Å²) in [6.45, 7) is 0. The summed E-state index contributed by atoms with van der Waals surface area (Å²) in [7, 11) is 0. The summed E-state index contributed by atoms with van der Waals surface area (Å²) in [6, 6.07) is 13.3. The van der Waals surface area contributed by atoms with Crippen LogP contribution in [0.2, 0.25) is 10.0 Å². The minimum atomic E-state index is -0.161. The monoisotopic (exact) mass is 344 g/mol. The molecule has 1 aliphatic carbocycles. The molecule has 1 atom stereocenters. The number of H-pyrrole nitrogens is 1. The van der Waals surface area contributed by atoms with Crippen molar-refractivity contribution in [3.8, 4) is 0 Å². The first-order valence-corrected chi connectivity index (χ1v) is 8.22. The smallest absolute Gasteiger partial charge is 0.253 e. The molecule has 0 radical (unpaired) electrons. The fraction of sp³-hybridized carbons (Fsp3) is 0.167. The average molecular weight is 345 g/mol. The SMILES string of the molecule is O=C(NC1Cc2[nH]c3ccccc3c2C1)c1ccc(Cl)cc1Cl. The van der Waals surface area contributed by atoms with Crippen LogP contribution in [0.3, 0.4) is 0 Å². The van der Waals surface area contributed by atoms with Crippen LogP contribution in [-0.4, -0.2) is 16.9 Å². The molecule has 1 aromatic heterocycles. The number of rotatable bonds is 2. The van der Waals surface area contributed by atoms with E-state index in [1.54, 1.807) is 18.2 Å². The second-order valence-corrected chi connectivity index (χ2v) is 6.67. The second kappa shape index (κ2) is 5.59. The van der Waals surface area contributed by atoms with Gasteiger partial charge in [0.05, 0.1) is 10.6 Å². The topological polar surface area (TPSA) is 44.9 Å². The van der Waals surface area contributed by atoms with Gasteiger partial charge in [-0.2, -0.15) is 0 Å². The number of halogens is 2. The molecular weight excluding hydrogens is 331 g/mol. The number of hydrogen-bond donors (Lipinski definition) is 2. The van der Waals surface area contributed by atoms with E-state index in [9.17, 15) is 4.79 Å². The Morgan fingerprint density at radius 3 is 2.78 bits per heavy atom. The molecule has 23 heavy (non-hydrogen) atoms. The molecule has 116 valence electrons. The Balaban J connectivity index is 1.53. The van der Waals surface area contributed by atoms with Gasteiger partial charge in [0.15, 0.2) is 0 Å². The van der Waals surface area contributed by atoms with E-state index in [2.05, 4.69) is 22.4 Å². The summed E-state index contributed by atoms with van der Waals surface area (Å²) < 4.78 is 0. The van der Waals surface area contributed by atoms with Crippen LogP contribution < -0.4 is 5.32 Å². The number of fused-ring (bicyclic) bond motifs is 3. The molecule has 5 heteroatoms. The van der Waals surface area contributed by atoms with Crippen LogP contribution in [-0.2, 0) is 12.8 Å². The molecule has 0 saturated heterocycles. The zero-order valence-corrected chi connectivity index (χ0v) is 13.7. The number of nitrogens with one attached hydrogen (secondary N) is 2. The van der Waals surface area contributed by atoms with Gasteiger partial charge in [-0.1, -0.05) is 41.4 Å². The Kier molecular flexibility index (Phi) is 3.55. The molecule has 0 fully saturated rings. The molecule has 1 unspecified atom stereocenters. The third-order valence-electron chi connectivity index (χ3n) is 4.31. The maximum absolute atomic E-state index is 12.4. The van der Waals surface area contributed by atoms with Crippen molar-refractivity contribution in [3.63, 3.8) is 0 Å². The van der Waals surface area contributed by atoms with Crippen molar-refractivity contribution >= 4 is 40.0 Å². The van der Waals surface area contributed by atoms with Crippen molar-refractivity contribution in [2.75, 3.05) is 0 Å². The van der Waals surface area contributed by atoms with Gasteiger partial charge in [0.2, 0.25) is 0 Å². The molecule has 0 spiro atoms.